The number of hydrogen-bond donors (Lipinski definition) is 2. The number of nitrogens with zero attached hydrogens (tertiary/aromatic N) is 1. The van der Waals surface area contributed by atoms with Crippen LogP contribution in [-0.2, 0) is 6.18 Å². The van der Waals surface area contributed by atoms with Gasteiger partial charge in [0.25, 0.3) is 0 Å². The van der Waals surface area contributed by atoms with Gasteiger partial charge in [-0.25, -0.2) is 0 Å². The van der Waals surface area contributed by atoms with Crippen molar-refractivity contribution >= 4 is 23.0 Å². The lowest BCUT2D eigenvalue weighted by molar-refractivity contribution is -0.137. The average Bonchev–Trinajstić information content (AvgIpc) is 2.53. The Kier molecular flexibility index (Phi) is 6.09. The highest BCUT2D eigenvalue weighted by atomic mass is 32.1. The second kappa shape index (κ2) is 7.70. The van der Waals surface area contributed by atoms with Crippen molar-refractivity contribution < 1.29 is 13.2 Å². The Labute approximate surface area is 146 Å². The fraction of sp³-hybridized carbons (Fsp3) is 0.588. The molecule has 0 aromatic heterocycles. The summed E-state index contributed by atoms with van der Waals surface area (Å²) in [5, 5.41) is 6.38. The van der Waals surface area contributed by atoms with Crippen molar-refractivity contribution in [1.82, 2.24) is 10.2 Å². The summed E-state index contributed by atoms with van der Waals surface area (Å²) in [7, 11) is 4.13. The molecule has 134 valence electrons. The summed E-state index contributed by atoms with van der Waals surface area (Å²) < 4.78 is 38.3. The topological polar surface area (TPSA) is 27.3 Å². The summed E-state index contributed by atoms with van der Waals surface area (Å²) >= 11 is 5.26. The number of likely N-dealkylation sites (N-methyl/N-ethyl adjacent to an activating group) is 1. The Morgan fingerprint density at radius 2 is 1.88 bits per heavy atom. The van der Waals surface area contributed by atoms with E-state index in [4.69, 9.17) is 12.2 Å². The molecule has 0 amide bonds. The van der Waals surface area contributed by atoms with Crippen LogP contribution < -0.4 is 10.6 Å². The predicted molar refractivity (Wildman–Crippen MR) is 95.2 cm³/mol. The third kappa shape index (κ3) is 4.83. The molecule has 2 N–H and O–H groups in total. The Balaban J connectivity index is 1.96. The zero-order chi connectivity index (χ0) is 17.8. The number of benzene rings is 1. The molecule has 1 saturated carbocycles. The zero-order valence-corrected chi connectivity index (χ0v) is 14.9. The first-order valence-electron chi connectivity index (χ1n) is 8.12. The van der Waals surface area contributed by atoms with Crippen molar-refractivity contribution in [2.24, 2.45) is 0 Å². The Hall–Kier alpha value is -1.34. The average molecular weight is 359 g/mol. The van der Waals surface area contributed by atoms with Crippen LogP contribution in [0.1, 0.15) is 37.7 Å². The van der Waals surface area contributed by atoms with E-state index in [2.05, 4.69) is 29.6 Å². The highest BCUT2D eigenvalue weighted by molar-refractivity contribution is 7.80. The standard InChI is InChI=1S/C17H24F3N3S/c1-23(2)16(9-4-3-5-10-16)12-21-15(24)22-14-8-6-7-13(11-14)17(18,19)20/h6-8,11H,3-5,9-10,12H2,1-2H3,(H2,21,22,24). The summed E-state index contributed by atoms with van der Waals surface area (Å²) in [6.45, 7) is 0.685. The van der Waals surface area contributed by atoms with E-state index in [0.29, 0.717) is 17.3 Å². The van der Waals surface area contributed by atoms with Gasteiger partial charge in [-0.05, 0) is 57.4 Å². The Bertz CT molecular complexity index is 566. The monoisotopic (exact) mass is 359 g/mol. The van der Waals surface area contributed by atoms with E-state index in [0.717, 1.165) is 25.0 Å². The van der Waals surface area contributed by atoms with Crippen LogP contribution in [0, 0.1) is 0 Å². The predicted octanol–water partition coefficient (Wildman–Crippen LogP) is 4.26. The molecule has 1 aliphatic carbocycles. The maximum atomic E-state index is 12.8. The molecule has 0 radical (unpaired) electrons. The number of alkyl halides is 3. The van der Waals surface area contributed by atoms with Crippen LogP contribution in [0.25, 0.3) is 0 Å². The molecule has 0 unspecified atom stereocenters. The fourth-order valence-electron chi connectivity index (χ4n) is 3.19. The molecule has 0 atom stereocenters. The molecule has 1 fully saturated rings. The van der Waals surface area contributed by atoms with Crippen molar-refractivity contribution in [3.05, 3.63) is 29.8 Å². The molecule has 24 heavy (non-hydrogen) atoms. The van der Waals surface area contributed by atoms with Crippen LogP contribution >= 0.6 is 12.2 Å². The zero-order valence-electron chi connectivity index (χ0n) is 14.0. The van der Waals surface area contributed by atoms with E-state index in [9.17, 15) is 13.2 Å². The first-order valence-corrected chi connectivity index (χ1v) is 8.53. The van der Waals surface area contributed by atoms with E-state index in [1.54, 1.807) is 6.07 Å². The van der Waals surface area contributed by atoms with Crippen LogP contribution in [0.4, 0.5) is 18.9 Å². The van der Waals surface area contributed by atoms with Crippen molar-refractivity contribution in [2.75, 3.05) is 26.0 Å². The van der Waals surface area contributed by atoms with Gasteiger partial charge < -0.3 is 15.5 Å². The van der Waals surface area contributed by atoms with Crippen molar-refractivity contribution in [3.8, 4) is 0 Å². The maximum Gasteiger partial charge on any atom is 0.416 e. The lowest BCUT2D eigenvalue weighted by atomic mass is 9.80. The minimum absolute atomic E-state index is 0.0534. The first-order chi connectivity index (χ1) is 11.2. The largest absolute Gasteiger partial charge is 0.416 e. The van der Waals surface area contributed by atoms with Crippen LogP contribution in [0.2, 0.25) is 0 Å². The van der Waals surface area contributed by atoms with Gasteiger partial charge in [-0.15, -0.1) is 0 Å². The molecule has 0 aliphatic heterocycles. The van der Waals surface area contributed by atoms with Gasteiger partial charge in [0.05, 0.1) is 5.56 Å². The van der Waals surface area contributed by atoms with Gasteiger partial charge in [0.15, 0.2) is 5.11 Å². The number of anilines is 1. The molecule has 1 aromatic rings. The van der Waals surface area contributed by atoms with Crippen molar-refractivity contribution in [1.29, 1.82) is 0 Å². The molecular formula is C17H24F3N3S. The van der Waals surface area contributed by atoms with E-state index < -0.39 is 11.7 Å². The summed E-state index contributed by atoms with van der Waals surface area (Å²) in [4.78, 5) is 2.23. The van der Waals surface area contributed by atoms with Crippen molar-refractivity contribution in [2.45, 2.75) is 43.8 Å². The quantitative estimate of drug-likeness (QED) is 0.786. The Morgan fingerprint density at radius 3 is 2.46 bits per heavy atom. The number of thiocarbonyl (C=S) groups is 1. The van der Waals surface area contributed by atoms with E-state index >= 15 is 0 Å². The first kappa shape index (κ1) is 19.0. The molecule has 0 heterocycles. The SMILES string of the molecule is CN(C)C1(CNC(=S)Nc2cccc(C(F)(F)F)c2)CCCCC1. The van der Waals surface area contributed by atoms with Gasteiger partial charge in [-0.3, -0.25) is 0 Å². The number of halogens is 3. The van der Waals surface area contributed by atoms with Crippen LogP contribution in [0.5, 0.6) is 0 Å². The number of rotatable bonds is 4. The highest BCUT2D eigenvalue weighted by Gasteiger charge is 2.34. The second-order valence-corrected chi connectivity index (χ2v) is 6.97. The van der Waals surface area contributed by atoms with Gasteiger partial charge in [-0.2, -0.15) is 13.2 Å². The Morgan fingerprint density at radius 1 is 1.21 bits per heavy atom. The molecule has 7 heteroatoms. The summed E-state index contributed by atoms with van der Waals surface area (Å²) in [6, 6.07) is 5.06. The molecule has 1 aliphatic rings. The smallest absolute Gasteiger partial charge is 0.361 e. The van der Waals surface area contributed by atoms with Gasteiger partial charge in [0.2, 0.25) is 0 Å². The van der Waals surface area contributed by atoms with Crippen LogP contribution in [-0.4, -0.2) is 36.2 Å². The summed E-state index contributed by atoms with van der Waals surface area (Å²) in [5.74, 6) is 0. The highest BCUT2D eigenvalue weighted by Crippen LogP contribution is 2.32. The molecular weight excluding hydrogens is 335 g/mol. The maximum absolute atomic E-state index is 12.8. The minimum atomic E-state index is -4.36. The lowest BCUT2D eigenvalue weighted by Crippen LogP contribution is -2.54. The van der Waals surface area contributed by atoms with Gasteiger partial charge in [0.1, 0.15) is 0 Å². The molecule has 0 bridgehead atoms. The molecule has 3 nitrogen and oxygen atoms in total. The van der Waals surface area contributed by atoms with Crippen molar-refractivity contribution in [3.63, 3.8) is 0 Å². The molecule has 0 spiro atoms. The van der Waals surface area contributed by atoms with Crippen LogP contribution in [0.3, 0.4) is 0 Å². The number of nitrogens with one attached hydrogen (secondary N) is 2. The third-order valence-corrected chi connectivity index (χ3v) is 5.01. The second-order valence-electron chi connectivity index (χ2n) is 6.57. The normalized spacial score (nSPS) is 17.6. The lowest BCUT2D eigenvalue weighted by Gasteiger charge is -2.43. The molecule has 0 saturated heterocycles. The molecule has 2 rings (SSSR count). The number of hydrogen-bond acceptors (Lipinski definition) is 2. The van der Waals surface area contributed by atoms with E-state index in [1.807, 2.05) is 0 Å². The minimum Gasteiger partial charge on any atom is -0.361 e. The van der Waals surface area contributed by atoms with E-state index in [1.165, 1.54) is 25.3 Å². The fourth-order valence-corrected chi connectivity index (χ4v) is 3.38. The van der Waals surface area contributed by atoms with Gasteiger partial charge >= 0.3 is 6.18 Å². The van der Waals surface area contributed by atoms with Crippen LogP contribution in [0.15, 0.2) is 24.3 Å². The summed E-state index contributed by atoms with van der Waals surface area (Å²) in [5.41, 5.74) is -0.296. The van der Waals surface area contributed by atoms with Gasteiger partial charge in [-0.1, -0.05) is 25.3 Å². The van der Waals surface area contributed by atoms with Gasteiger partial charge in [0, 0.05) is 17.8 Å². The van der Waals surface area contributed by atoms with E-state index in [-0.39, 0.29) is 5.54 Å². The third-order valence-electron chi connectivity index (χ3n) is 4.76. The summed E-state index contributed by atoms with van der Waals surface area (Å²) in [6.07, 6.45) is 1.46. The molecule has 1 aromatic carbocycles.